The topological polar surface area (TPSA) is 40.1 Å². The van der Waals surface area contributed by atoms with Crippen molar-refractivity contribution in [3.05, 3.63) is 33.8 Å². The zero-order chi connectivity index (χ0) is 8.43. The van der Waals surface area contributed by atoms with Crippen LogP contribution in [0.5, 0.6) is 0 Å². The fourth-order valence-electron chi connectivity index (χ4n) is 0.655. The average Bonchev–Trinajstić information content (AvgIpc) is 1.85. The molecule has 0 aliphatic rings. The summed E-state index contributed by atoms with van der Waals surface area (Å²) >= 11 is 11.0. The summed E-state index contributed by atoms with van der Waals surface area (Å²) in [6.45, 7) is 0. The van der Waals surface area contributed by atoms with E-state index in [2.05, 4.69) is 0 Å². The van der Waals surface area contributed by atoms with Crippen LogP contribution in [0.3, 0.4) is 0 Å². The maximum Gasteiger partial charge on any atom is 1.00 e. The Balaban J connectivity index is 0.00000121. The van der Waals surface area contributed by atoms with Gasteiger partial charge in [0.15, 0.2) is 0 Å². The van der Waals surface area contributed by atoms with Crippen LogP contribution in [0, 0.1) is 0 Å². The Bertz CT molecular complexity index is 301. The molecule has 0 unspecified atom stereocenters. The smallest absolute Gasteiger partial charge is 0.545 e. The van der Waals surface area contributed by atoms with Crippen LogP contribution in [0.1, 0.15) is 10.4 Å². The fraction of sp³-hybridized carbons (Fsp3) is 0. The molecule has 68 valence electrons. The predicted molar refractivity (Wildman–Crippen MR) is 40.8 cm³/mol. The van der Waals surface area contributed by atoms with E-state index in [-0.39, 0.29) is 33.0 Å². The zero-order valence-corrected chi connectivity index (χ0v) is 8.60. The van der Waals surface area contributed by atoms with Gasteiger partial charge in [0.05, 0.1) is 11.0 Å². The molecule has 0 spiro atoms. The van der Waals surface area contributed by atoms with E-state index in [0.29, 0.717) is 5.02 Å². The molecule has 0 aliphatic carbocycles. The number of carboxylic acids is 1. The van der Waals surface area contributed by atoms with Crippen molar-refractivity contribution in [2.24, 2.45) is 0 Å². The zero-order valence-electron chi connectivity index (χ0n) is 5.61. The Hall–Kier alpha value is 0.0103. The molecule has 0 amide bonds. The van der Waals surface area contributed by atoms with Gasteiger partial charge in [-0.05, 0) is 12.1 Å². The molecule has 0 fully saturated rings. The quantitative estimate of drug-likeness (QED) is 0.734. The van der Waals surface area contributed by atoms with Gasteiger partial charge in [0.1, 0.15) is 0 Å². The van der Waals surface area contributed by atoms with Crippen LogP contribution in [0.4, 0.5) is 0 Å². The second kappa shape index (κ2) is 4.90. The van der Waals surface area contributed by atoms with Crippen molar-refractivity contribution >= 4 is 29.2 Å². The van der Waals surface area contributed by atoms with Crippen LogP contribution in [0.25, 0.3) is 0 Å². The molecule has 0 saturated heterocycles. The number of rotatable bonds is 1. The fourth-order valence-corrected chi connectivity index (χ4v) is 1.14. The van der Waals surface area contributed by atoms with Crippen LogP contribution >= 0.6 is 23.2 Å². The first-order valence-corrected chi connectivity index (χ1v) is 3.53. The van der Waals surface area contributed by atoms with Crippen LogP contribution in [0.15, 0.2) is 18.2 Å². The number of carbonyl (C=O) groups excluding carboxylic acids is 1. The van der Waals surface area contributed by atoms with Gasteiger partial charge >= 0.3 is 22.4 Å². The van der Waals surface area contributed by atoms with Crippen molar-refractivity contribution in [3.63, 3.8) is 0 Å². The van der Waals surface area contributed by atoms with E-state index in [0.717, 1.165) is 0 Å². The molecule has 1 aromatic carbocycles. The number of aromatic carboxylic acids is 1. The Morgan fingerprint density at radius 1 is 1.33 bits per heavy atom. The van der Waals surface area contributed by atoms with Crippen molar-refractivity contribution in [1.29, 1.82) is 0 Å². The van der Waals surface area contributed by atoms with E-state index in [1.54, 1.807) is 0 Å². The molecule has 0 aromatic heterocycles. The van der Waals surface area contributed by atoms with E-state index in [4.69, 9.17) is 23.2 Å². The number of hydrogen-bond acceptors (Lipinski definition) is 2. The molecule has 0 bridgehead atoms. The molecule has 0 saturated carbocycles. The van der Waals surface area contributed by atoms with Gasteiger partial charge in [0.25, 0.3) is 0 Å². The maximum absolute atomic E-state index is 10.3. The molecule has 0 N–H and O–H groups in total. The molecule has 5 heteroatoms. The van der Waals surface area contributed by atoms with Gasteiger partial charge in [-0.1, -0.05) is 29.3 Å². The van der Waals surface area contributed by atoms with Gasteiger partial charge in [0, 0.05) is 10.6 Å². The molecule has 2 nitrogen and oxygen atoms in total. The molecule has 1 rings (SSSR count). The third-order valence-corrected chi connectivity index (χ3v) is 1.70. The Kier molecular flexibility index (Phi) is 4.90. The SMILES string of the molecule is O=C([O-])c1ccc(Cl)cc1Cl.[Ag+]. The minimum Gasteiger partial charge on any atom is -0.545 e. The second-order valence-electron chi connectivity index (χ2n) is 1.91. The molecular formula is C7H3AgCl2O2. The minimum atomic E-state index is -1.30. The van der Waals surface area contributed by atoms with Crippen molar-refractivity contribution in [2.45, 2.75) is 0 Å². The van der Waals surface area contributed by atoms with Gasteiger partial charge < -0.3 is 9.90 Å². The van der Waals surface area contributed by atoms with Crippen molar-refractivity contribution in [3.8, 4) is 0 Å². The van der Waals surface area contributed by atoms with E-state index < -0.39 is 5.97 Å². The van der Waals surface area contributed by atoms with Crippen LogP contribution in [0.2, 0.25) is 10.0 Å². The maximum atomic E-state index is 10.3. The molecule has 1 aromatic rings. The largest absolute Gasteiger partial charge is 1.00 e. The van der Waals surface area contributed by atoms with Gasteiger partial charge in [-0.25, -0.2) is 0 Å². The number of carboxylic acid groups (broad SMARTS) is 1. The predicted octanol–water partition coefficient (Wildman–Crippen LogP) is 1.35. The van der Waals surface area contributed by atoms with E-state index >= 15 is 0 Å². The van der Waals surface area contributed by atoms with Gasteiger partial charge in [-0.3, -0.25) is 0 Å². The molecule has 0 atom stereocenters. The molecular weight excluding hydrogens is 295 g/mol. The van der Waals surface area contributed by atoms with Crippen LogP contribution < -0.4 is 5.11 Å². The van der Waals surface area contributed by atoms with Crippen molar-refractivity contribution < 1.29 is 32.3 Å². The van der Waals surface area contributed by atoms with Crippen LogP contribution in [-0.4, -0.2) is 5.97 Å². The van der Waals surface area contributed by atoms with Gasteiger partial charge in [0.2, 0.25) is 0 Å². The molecule has 12 heavy (non-hydrogen) atoms. The Labute approximate surface area is 95.0 Å². The number of halogens is 2. The van der Waals surface area contributed by atoms with E-state index in [1.807, 2.05) is 0 Å². The van der Waals surface area contributed by atoms with Gasteiger partial charge in [-0.15, -0.1) is 0 Å². The number of benzene rings is 1. The van der Waals surface area contributed by atoms with Crippen molar-refractivity contribution in [1.82, 2.24) is 0 Å². The normalized spacial score (nSPS) is 8.83. The number of carbonyl (C=O) groups is 1. The second-order valence-corrected chi connectivity index (χ2v) is 2.76. The Morgan fingerprint density at radius 2 is 1.92 bits per heavy atom. The summed E-state index contributed by atoms with van der Waals surface area (Å²) in [5, 5.41) is 10.8. The summed E-state index contributed by atoms with van der Waals surface area (Å²) in [4.78, 5) is 10.3. The Morgan fingerprint density at radius 3 is 2.33 bits per heavy atom. The summed E-state index contributed by atoms with van der Waals surface area (Å²) < 4.78 is 0. The first-order chi connectivity index (χ1) is 5.11. The first kappa shape index (κ1) is 12.0. The summed E-state index contributed by atoms with van der Waals surface area (Å²) in [5.41, 5.74) is -0.0453. The van der Waals surface area contributed by atoms with Crippen molar-refractivity contribution in [2.75, 3.05) is 0 Å². The van der Waals surface area contributed by atoms with E-state index in [1.165, 1.54) is 18.2 Å². The molecule has 0 radical (unpaired) electrons. The number of hydrogen-bond donors (Lipinski definition) is 0. The van der Waals surface area contributed by atoms with Crippen LogP contribution in [-0.2, 0) is 22.4 Å². The first-order valence-electron chi connectivity index (χ1n) is 2.77. The summed E-state index contributed by atoms with van der Waals surface area (Å²) in [7, 11) is 0. The molecule has 0 aliphatic heterocycles. The van der Waals surface area contributed by atoms with Gasteiger partial charge in [-0.2, -0.15) is 0 Å². The summed E-state index contributed by atoms with van der Waals surface area (Å²) in [5.74, 6) is -1.30. The summed E-state index contributed by atoms with van der Waals surface area (Å²) in [6.07, 6.45) is 0. The monoisotopic (exact) mass is 296 g/mol. The minimum absolute atomic E-state index is 0. The molecule has 0 heterocycles. The standard InChI is InChI=1S/C7H4Cl2O2.Ag/c8-4-1-2-5(7(10)11)6(9)3-4;/h1-3H,(H,10,11);/q;+1/p-1. The van der Waals surface area contributed by atoms with E-state index in [9.17, 15) is 9.90 Å². The third-order valence-electron chi connectivity index (χ3n) is 1.15. The average molecular weight is 298 g/mol. The third kappa shape index (κ3) is 2.81. The summed E-state index contributed by atoms with van der Waals surface area (Å²) in [6, 6.07) is 4.10.